The first-order valence-electron chi connectivity index (χ1n) is 12.6. The van der Waals surface area contributed by atoms with Gasteiger partial charge in [0.2, 0.25) is 6.41 Å². The molecule has 2 N–H and O–H groups in total. The average Bonchev–Trinajstić information content (AvgIpc) is 3.26. The molecule has 0 saturated carbocycles. The van der Waals surface area contributed by atoms with Gasteiger partial charge in [-0.1, -0.05) is 37.6 Å². The molecule has 0 spiro atoms. The van der Waals surface area contributed by atoms with Gasteiger partial charge < -0.3 is 19.9 Å². The molecule has 1 aromatic heterocycles. The summed E-state index contributed by atoms with van der Waals surface area (Å²) in [5.41, 5.74) is 3.63. The lowest BCUT2D eigenvalue weighted by atomic mass is 10.0. The van der Waals surface area contributed by atoms with Crippen molar-refractivity contribution in [1.29, 1.82) is 5.26 Å². The van der Waals surface area contributed by atoms with E-state index >= 15 is 0 Å². The molecular weight excluding hydrogens is 466 g/mol. The van der Waals surface area contributed by atoms with Crippen LogP contribution >= 0.6 is 0 Å². The molecule has 2 aromatic carbocycles. The van der Waals surface area contributed by atoms with Crippen molar-refractivity contribution in [2.24, 2.45) is 7.05 Å². The number of unbranched alkanes of at least 4 members (excludes halogenated alkanes) is 1. The smallest absolute Gasteiger partial charge is 0.251 e. The zero-order chi connectivity index (χ0) is 26.8. The van der Waals surface area contributed by atoms with Gasteiger partial charge in [0.05, 0.1) is 23.4 Å². The molecule has 0 aliphatic rings. The number of benzene rings is 2. The predicted molar refractivity (Wildman–Crippen MR) is 143 cm³/mol. The van der Waals surface area contributed by atoms with E-state index in [2.05, 4.69) is 28.2 Å². The average molecular weight is 502 g/mol. The summed E-state index contributed by atoms with van der Waals surface area (Å²) in [7, 11) is 2.02. The zero-order valence-electron chi connectivity index (χ0n) is 22.0. The number of nitrogens with one attached hydrogen (secondary N) is 2. The van der Waals surface area contributed by atoms with Crippen molar-refractivity contribution in [3.63, 3.8) is 0 Å². The molecule has 8 heteroatoms. The Labute approximate surface area is 218 Å². The Hall–Kier alpha value is -4.12. The predicted octanol–water partition coefficient (Wildman–Crippen LogP) is 4.18. The second kappa shape index (κ2) is 13.3. The summed E-state index contributed by atoms with van der Waals surface area (Å²) in [6, 6.07) is 14.6. The largest absolute Gasteiger partial charge is 0.490 e. The number of imidazole rings is 1. The highest BCUT2D eigenvalue weighted by Crippen LogP contribution is 2.22. The Bertz CT molecular complexity index is 1240. The summed E-state index contributed by atoms with van der Waals surface area (Å²) in [6.07, 6.45) is 6.30. The third-order valence-corrected chi connectivity index (χ3v) is 5.97. The summed E-state index contributed by atoms with van der Waals surface area (Å²) >= 11 is 0. The quantitative estimate of drug-likeness (QED) is 0.342. The third-order valence-electron chi connectivity index (χ3n) is 5.97. The minimum atomic E-state index is -0.337. The minimum Gasteiger partial charge on any atom is -0.490 e. The van der Waals surface area contributed by atoms with E-state index in [1.165, 1.54) is 6.07 Å². The van der Waals surface area contributed by atoms with Gasteiger partial charge in [-0.2, -0.15) is 5.26 Å². The highest BCUT2D eigenvalue weighted by atomic mass is 16.5. The number of carbonyl (C=O) groups excluding carboxylic acids is 2. The fraction of sp³-hybridized carbons (Fsp3) is 0.379. The lowest BCUT2D eigenvalue weighted by Gasteiger charge is -2.19. The van der Waals surface area contributed by atoms with Crippen molar-refractivity contribution in [2.45, 2.75) is 58.6 Å². The van der Waals surface area contributed by atoms with Crippen molar-refractivity contribution in [3.8, 4) is 23.1 Å². The van der Waals surface area contributed by atoms with Crippen LogP contribution in [-0.4, -0.2) is 40.6 Å². The van der Waals surface area contributed by atoms with Crippen LogP contribution in [0.15, 0.2) is 48.7 Å². The maximum absolute atomic E-state index is 13.0. The van der Waals surface area contributed by atoms with Crippen molar-refractivity contribution in [3.05, 3.63) is 71.2 Å². The van der Waals surface area contributed by atoms with E-state index in [1.807, 2.05) is 51.4 Å². The molecule has 0 aliphatic heterocycles. The highest BCUT2D eigenvalue weighted by Gasteiger charge is 2.17. The van der Waals surface area contributed by atoms with E-state index in [1.54, 1.807) is 12.1 Å². The van der Waals surface area contributed by atoms with Crippen LogP contribution in [0.3, 0.4) is 0 Å². The maximum Gasteiger partial charge on any atom is 0.251 e. The Kier molecular flexibility index (Phi) is 9.84. The van der Waals surface area contributed by atoms with Gasteiger partial charge in [0, 0.05) is 37.3 Å². The first-order valence-corrected chi connectivity index (χ1v) is 12.6. The second-order valence-corrected chi connectivity index (χ2v) is 9.34. The fourth-order valence-corrected chi connectivity index (χ4v) is 4.06. The van der Waals surface area contributed by atoms with Gasteiger partial charge in [-0.25, -0.2) is 4.98 Å². The molecule has 3 aromatic rings. The highest BCUT2D eigenvalue weighted by molar-refractivity contribution is 5.95. The van der Waals surface area contributed by atoms with Crippen LogP contribution in [-0.2, 0) is 24.7 Å². The van der Waals surface area contributed by atoms with Crippen LogP contribution in [0.5, 0.6) is 5.75 Å². The number of ether oxygens (including phenoxy) is 1. The first-order chi connectivity index (χ1) is 17.8. The van der Waals surface area contributed by atoms with Gasteiger partial charge >= 0.3 is 0 Å². The Morgan fingerprint density at radius 3 is 2.62 bits per heavy atom. The van der Waals surface area contributed by atoms with Gasteiger partial charge in [0.25, 0.3) is 5.91 Å². The number of amides is 2. The molecule has 0 fully saturated rings. The Morgan fingerprint density at radius 2 is 1.97 bits per heavy atom. The van der Waals surface area contributed by atoms with Gasteiger partial charge in [-0.3, -0.25) is 9.59 Å². The Balaban J connectivity index is 1.71. The summed E-state index contributed by atoms with van der Waals surface area (Å²) in [5.74, 6) is 1.20. The molecule has 1 heterocycles. The summed E-state index contributed by atoms with van der Waals surface area (Å²) in [5, 5.41) is 15.1. The van der Waals surface area contributed by atoms with Gasteiger partial charge in [-0.15, -0.1) is 0 Å². The standard InChI is InChI=1S/C29H35N5O3/c1-5-6-7-28-33-26(18-34(28)4)22-10-8-21(9-11-22)14-25(17-31-19-35)32-29(36)23-12-13-27(37-20(2)3)24(15-23)16-30/h8-13,15,18-20,25H,5-7,14,17H2,1-4H3,(H,31,35)(H,32,36). The molecular formula is C29H35N5O3. The van der Waals surface area contributed by atoms with Crippen molar-refractivity contribution in [1.82, 2.24) is 20.2 Å². The van der Waals surface area contributed by atoms with Gasteiger partial charge in [0.1, 0.15) is 17.6 Å². The molecule has 0 bridgehead atoms. The molecule has 3 rings (SSSR count). The van der Waals surface area contributed by atoms with Crippen LogP contribution in [0.1, 0.15) is 60.9 Å². The molecule has 1 unspecified atom stereocenters. The molecule has 0 saturated heterocycles. The number of aromatic nitrogens is 2. The number of nitriles is 1. The molecule has 8 nitrogen and oxygen atoms in total. The van der Waals surface area contributed by atoms with Crippen LogP contribution in [0, 0.1) is 11.3 Å². The van der Waals surface area contributed by atoms with Crippen molar-refractivity contribution >= 4 is 12.3 Å². The summed E-state index contributed by atoms with van der Waals surface area (Å²) in [4.78, 5) is 28.7. The molecule has 194 valence electrons. The van der Waals surface area contributed by atoms with Crippen LogP contribution < -0.4 is 15.4 Å². The van der Waals surface area contributed by atoms with Crippen LogP contribution in [0.2, 0.25) is 0 Å². The molecule has 37 heavy (non-hydrogen) atoms. The Morgan fingerprint density at radius 1 is 1.22 bits per heavy atom. The maximum atomic E-state index is 13.0. The van der Waals surface area contributed by atoms with Crippen LogP contribution in [0.25, 0.3) is 11.3 Å². The minimum absolute atomic E-state index is 0.0854. The van der Waals surface area contributed by atoms with E-state index < -0.39 is 0 Å². The second-order valence-electron chi connectivity index (χ2n) is 9.34. The number of rotatable bonds is 13. The topological polar surface area (TPSA) is 109 Å². The summed E-state index contributed by atoms with van der Waals surface area (Å²) in [6.45, 7) is 6.20. The van der Waals surface area contributed by atoms with E-state index in [0.717, 1.165) is 41.9 Å². The van der Waals surface area contributed by atoms with Crippen LogP contribution in [0.4, 0.5) is 0 Å². The SMILES string of the molecule is CCCCc1nc(-c2ccc(CC(CNC=O)NC(=O)c3ccc(OC(C)C)c(C#N)c3)cc2)cn1C. The number of carbonyl (C=O) groups is 2. The third kappa shape index (κ3) is 7.68. The van der Waals surface area contributed by atoms with Gasteiger partial charge in [0.15, 0.2) is 0 Å². The van der Waals surface area contributed by atoms with Gasteiger partial charge in [-0.05, 0) is 50.5 Å². The fourth-order valence-electron chi connectivity index (χ4n) is 4.06. The van der Waals surface area contributed by atoms with E-state index in [4.69, 9.17) is 9.72 Å². The molecule has 0 aliphatic carbocycles. The number of hydrogen-bond acceptors (Lipinski definition) is 5. The first kappa shape index (κ1) is 27.5. The molecule has 0 radical (unpaired) electrons. The van der Waals surface area contributed by atoms with Crippen molar-refractivity contribution < 1.29 is 14.3 Å². The van der Waals surface area contributed by atoms with E-state index in [-0.39, 0.29) is 24.6 Å². The number of hydrogen-bond donors (Lipinski definition) is 2. The van der Waals surface area contributed by atoms with Crippen molar-refractivity contribution in [2.75, 3.05) is 6.54 Å². The number of aryl methyl sites for hydroxylation is 2. The normalized spacial score (nSPS) is 11.6. The summed E-state index contributed by atoms with van der Waals surface area (Å²) < 4.78 is 7.72. The number of nitrogens with zero attached hydrogens (tertiary/aromatic N) is 3. The molecule has 1 atom stereocenters. The molecule has 2 amide bonds. The lowest BCUT2D eigenvalue weighted by molar-refractivity contribution is -0.109. The van der Waals surface area contributed by atoms with E-state index in [0.29, 0.717) is 29.7 Å². The lowest BCUT2D eigenvalue weighted by Crippen LogP contribution is -2.43. The van der Waals surface area contributed by atoms with E-state index in [9.17, 15) is 14.9 Å². The zero-order valence-corrected chi connectivity index (χ0v) is 22.0. The monoisotopic (exact) mass is 501 g/mol.